The summed E-state index contributed by atoms with van der Waals surface area (Å²) in [6.07, 6.45) is 0.849. The van der Waals surface area contributed by atoms with Gasteiger partial charge in [0.25, 0.3) is 0 Å². The van der Waals surface area contributed by atoms with Gasteiger partial charge in [-0.3, -0.25) is 0 Å². The number of thiophene rings is 1. The highest BCUT2D eigenvalue weighted by Crippen LogP contribution is 2.21. The molecule has 2 heterocycles. The molecule has 2 atom stereocenters. The summed E-state index contributed by atoms with van der Waals surface area (Å²) in [7, 11) is 0. The Balaban J connectivity index is 1.68. The Kier molecular flexibility index (Phi) is 4.55. The van der Waals surface area contributed by atoms with Gasteiger partial charge in [-0.1, -0.05) is 0 Å². The average Bonchev–Trinajstić information content (AvgIpc) is 2.88. The number of ether oxygens (including phenoxy) is 1. The van der Waals surface area contributed by atoms with Crippen LogP contribution in [0.15, 0.2) is 15.9 Å². The zero-order valence-corrected chi connectivity index (χ0v) is 11.6. The van der Waals surface area contributed by atoms with E-state index in [4.69, 9.17) is 9.84 Å². The van der Waals surface area contributed by atoms with Gasteiger partial charge in [-0.25, -0.2) is 4.79 Å². The topological polar surface area (TPSA) is 58.6 Å². The molecule has 94 valence electrons. The van der Waals surface area contributed by atoms with Crippen molar-refractivity contribution in [3.63, 3.8) is 0 Å². The molecule has 1 fully saturated rings. The molecule has 6 heteroatoms. The second-order valence-corrected chi connectivity index (χ2v) is 5.94. The van der Waals surface area contributed by atoms with E-state index in [-0.39, 0.29) is 6.10 Å². The van der Waals surface area contributed by atoms with Gasteiger partial charge in [0.05, 0.1) is 6.10 Å². The van der Waals surface area contributed by atoms with Gasteiger partial charge in [0.15, 0.2) is 6.10 Å². The van der Waals surface area contributed by atoms with Gasteiger partial charge in [-0.15, -0.1) is 11.3 Å². The number of halogens is 1. The molecule has 0 amide bonds. The van der Waals surface area contributed by atoms with E-state index in [1.165, 1.54) is 4.88 Å². The molecule has 2 unspecified atom stereocenters. The zero-order chi connectivity index (χ0) is 12.3. The van der Waals surface area contributed by atoms with E-state index in [1.54, 1.807) is 11.3 Å². The summed E-state index contributed by atoms with van der Waals surface area (Å²) in [5.74, 6) is -0.852. The Morgan fingerprint density at radius 2 is 2.47 bits per heavy atom. The third kappa shape index (κ3) is 3.77. The second kappa shape index (κ2) is 5.95. The summed E-state index contributed by atoms with van der Waals surface area (Å²) >= 11 is 5.10. The largest absolute Gasteiger partial charge is 0.479 e. The van der Waals surface area contributed by atoms with E-state index in [1.807, 2.05) is 5.38 Å². The van der Waals surface area contributed by atoms with E-state index in [2.05, 4.69) is 27.3 Å². The van der Waals surface area contributed by atoms with Gasteiger partial charge in [0.1, 0.15) is 0 Å². The lowest BCUT2D eigenvalue weighted by Crippen LogP contribution is -2.28. The number of carboxylic acids is 1. The minimum atomic E-state index is -0.852. The van der Waals surface area contributed by atoms with E-state index < -0.39 is 12.1 Å². The fourth-order valence-corrected chi connectivity index (χ4v) is 3.26. The fraction of sp³-hybridized carbons (Fsp3) is 0.545. The second-order valence-electron chi connectivity index (χ2n) is 4.02. The predicted octanol–water partition coefficient (Wildman–Crippen LogP) is 2.23. The molecule has 2 N–H and O–H groups in total. The minimum absolute atomic E-state index is 0.0273. The van der Waals surface area contributed by atoms with Gasteiger partial charge >= 0.3 is 5.97 Å². The summed E-state index contributed by atoms with van der Waals surface area (Å²) in [5.41, 5.74) is 0. The van der Waals surface area contributed by atoms with Crippen LogP contribution in [-0.4, -0.2) is 29.8 Å². The lowest BCUT2D eigenvalue weighted by Gasteiger charge is -2.11. The molecule has 1 aliphatic heterocycles. The molecule has 0 radical (unpaired) electrons. The molecule has 0 aromatic carbocycles. The molecular formula is C11H14BrNO3S. The normalized spacial score (nSPS) is 24.1. The van der Waals surface area contributed by atoms with Crippen LogP contribution in [0, 0.1) is 0 Å². The van der Waals surface area contributed by atoms with Crippen molar-refractivity contribution in [1.29, 1.82) is 0 Å². The van der Waals surface area contributed by atoms with Crippen LogP contribution < -0.4 is 5.32 Å². The fourth-order valence-electron chi connectivity index (χ4n) is 1.84. The smallest absolute Gasteiger partial charge is 0.332 e. The molecule has 1 aromatic heterocycles. The minimum Gasteiger partial charge on any atom is -0.479 e. The van der Waals surface area contributed by atoms with Crippen LogP contribution in [0.5, 0.6) is 0 Å². The SMILES string of the molecule is O=C(O)C1CCC(CNCc2cc(Br)cs2)O1. The van der Waals surface area contributed by atoms with Gasteiger partial charge in [0, 0.05) is 27.8 Å². The summed E-state index contributed by atoms with van der Waals surface area (Å²) in [4.78, 5) is 12.0. The molecule has 4 nitrogen and oxygen atoms in total. The maximum Gasteiger partial charge on any atom is 0.332 e. The first-order valence-electron chi connectivity index (χ1n) is 5.47. The highest BCUT2D eigenvalue weighted by atomic mass is 79.9. The van der Waals surface area contributed by atoms with Gasteiger partial charge in [-0.2, -0.15) is 0 Å². The Labute approximate surface area is 112 Å². The molecule has 0 saturated carbocycles. The van der Waals surface area contributed by atoms with Crippen molar-refractivity contribution in [2.75, 3.05) is 6.54 Å². The Morgan fingerprint density at radius 3 is 3.06 bits per heavy atom. The maximum atomic E-state index is 10.7. The van der Waals surface area contributed by atoms with Crippen molar-refractivity contribution < 1.29 is 14.6 Å². The maximum absolute atomic E-state index is 10.7. The quantitative estimate of drug-likeness (QED) is 0.873. The predicted molar refractivity (Wildman–Crippen MR) is 69.3 cm³/mol. The van der Waals surface area contributed by atoms with Crippen molar-refractivity contribution >= 4 is 33.2 Å². The van der Waals surface area contributed by atoms with Crippen LogP contribution >= 0.6 is 27.3 Å². The van der Waals surface area contributed by atoms with E-state index in [9.17, 15) is 4.79 Å². The summed E-state index contributed by atoms with van der Waals surface area (Å²) < 4.78 is 6.50. The van der Waals surface area contributed by atoms with Gasteiger partial charge in [-0.05, 0) is 34.8 Å². The van der Waals surface area contributed by atoms with Crippen LogP contribution in [0.3, 0.4) is 0 Å². The average molecular weight is 320 g/mol. The van der Waals surface area contributed by atoms with Gasteiger partial charge < -0.3 is 15.2 Å². The molecule has 2 rings (SSSR count). The van der Waals surface area contributed by atoms with Crippen molar-refractivity contribution in [2.24, 2.45) is 0 Å². The molecule has 1 aromatic rings. The number of carbonyl (C=O) groups is 1. The first-order valence-corrected chi connectivity index (χ1v) is 7.14. The number of rotatable bonds is 5. The highest BCUT2D eigenvalue weighted by Gasteiger charge is 2.29. The van der Waals surface area contributed by atoms with Crippen molar-refractivity contribution in [2.45, 2.75) is 31.6 Å². The Morgan fingerprint density at radius 1 is 1.65 bits per heavy atom. The van der Waals surface area contributed by atoms with Crippen molar-refractivity contribution in [3.8, 4) is 0 Å². The molecule has 0 spiro atoms. The Bertz CT molecular complexity index is 396. The summed E-state index contributed by atoms with van der Waals surface area (Å²) in [5, 5.41) is 14.1. The summed E-state index contributed by atoms with van der Waals surface area (Å²) in [6.45, 7) is 1.51. The number of hydrogen-bond acceptors (Lipinski definition) is 4. The van der Waals surface area contributed by atoms with E-state index in [0.29, 0.717) is 13.0 Å². The first kappa shape index (κ1) is 13.0. The van der Waals surface area contributed by atoms with Crippen LogP contribution in [0.4, 0.5) is 0 Å². The third-order valence-corrected chi connectivity index (χ3v) is 4.37. The van der Waals surface area contributed by atoms with Crippen LogP contribution in [0.2, 0.25) is 0 Å². The van der Waals surface area contributed by atoms with E-state index in [0.717, 1.165) is 17.4 Å². The van der Waals surface area contributed by atoms with Crippen LogP contribution in [0.25, 0.3) is 0 Å². The van der Waals surface area contributed by atoms with E-state index >= 15 is 0 Å². The van der Waals surface area contributed by atoms with Crippen molar-refractivity contribution in [1.82, 2.24) is 5.32 Å². The van der Waals surface area contributed by atoms with Crippen LogP contribution in [0.1, 0.15) is 17.7 Å². The lowest BCUT2D eigenvalue weighted by atomic mass is 10.2. The van der Waals surface area contributed by atoms with Crippen molar-refractivity contribution in [3.05, 3.63) is 20.8 Å². The molecule has 1 saturated heterocycles. The monoisotopic (exact) mass is 319 g/mol. The first-order chi connectivity index (χ1) is 8.15. The molecule has 0 aliphatic carbocycles. The highest BCUT2D eigenvalue weighted by molar-refractivity contribution is 9.10. The number of aliphatic carboxylic acids is 1. The lowest BCUT2D eigenvalue weighted by molar-refractivity contribution is -0.149. The zero-order valence-electron chi connectivity index (χ0n) is 9.19. The van der Waals surface area contributed by atoms with Gasteiger partial charge in [0.2, 0.25) is 0 Å². The number of nitrogens with one attached hydrogen (secondary N) is 1. The molecular weight excluding hydrogens is 306 g/mol. The number of hydrogen-bond donors (Lipinski definition) is 2. The Hall–Kier alpha value is -0.430. The molecule has 0 bridgehead atoms. The molecule has 17 heavy (non-hydrogen) atoms. The third-order valence-electron chi connectivity index (χ3n) is 2.68. The summed E-state index contributed by atoms with van der Waals surface area (Å²) in [6, 6.07) is 2.08. The van der Waals surface area contributed by atoms with Crippen LogP contribution in [-0.2, 0) is 16.1 Å². The molecule has 1 aliphatic rings. The standard InChI is InChI=1S/C11H14BrNO3S/c12-7-3-9(17-6-7)5-13-4-8-1-2-10(16-8)11(14)15/h3,6,8,10,13H,1-2,4-5H2,(H,14,15). The number of carboxylic acid groups (broad SMARTS) is 1.